The van der Waals surface area contributed by atoms with Crippen LogP contribution in [0.15, 0.2) is 60.0 Å². The van der Waals surface area contributed by atoms with E-state index in [1.807, 2.05) is 17.8 Å². The predicted octanol–water partition coefficient (Wildman–Crippen LogP) is 5.75. The maximum atomic E-state index is 3.79. The van der Waals surface area contributed by atoms with E-state index < -0.39 is 0 Å². The highest BCUT2D eigenvalue weighted by Gasteiger charge is 2.09. The van der Waals surface area contributed by atoms with Crippen molar-refractivity contribution in [3.05, 3.63) is 71.8 Å². The maximum absolute atomic E-state index is 3.79. The first-order valence-electron chi connectivity index (χ1n) is 7.28. The Hall–Kier alpha value is -1.67. The van der Waals surface area contributed by atoms with Gasteiger partial charge in [-0.05, 0) is 49.6 Å². The molecule has 1 nitrogen and oxygen atoms in total. The molecule has 2 aromatic carbocycles. The molecule has 1 unspecified atom stereocenters. The van der Waals surface area contributed by atoms with Gasteiger partial charge >= 0.3 is 0 Å². The van der Waals surface area contributed by atoms with Gasteiger partial charge in [0.2, 0.25) is 0 Å². The molecule has 0 saturated carbocycles. The van der Waals surface area contributed by atoms with E-state index in [4.69, 9.17) is 0 Å². The third-order valence-electron chi connectivity index (χ3n) is 3.65. The molecule has 0 aliphatic carbocycles. The third kappa shape index (κ3) is 4.15. The van der Waals surface area contributed by atoms with Gasteiger partial charge in [0, 0.05) is 22.4 Å². The Labute approximate surface area is 132 Å². The second-order valence-electron chi connectivity index (χ2n) is 5.31. The lowest BCUT2D eigenvalue weighted by atomic mass is 10.0. The van der Waals surface area contributed by atoms with Crippen molar-refractivity contribution >= 4 is 17.4 Å². The van der Waals surface area contributed by atoms with E-state index >= 15 is 0 Å². The zero-order valence-corrected chi connectivity index (χ0v) is 13.8. The first-order chi connectivity index (χ1) is 10.1. The molecule has 0 aromatic heterocycles. The number of nitrogens with one attached hydrogen (secondary N) is 1. The summed E-state index contributed by atoms with van der Waals surface area (Å²) in [6.07, 6.45) is 1.94. The van der Waals surface area contributed by atoms with Crippen molar-refractivity contribution in [2.75, 3.05) is 11.1 Å². The Kier molecular flexibility index (Phi) is 5.51. The van der Waals surface area contributed by atoms with Crippen LogP contribution in [0.25, 0.3) is 0 Å². The maximum Gasteiger partial charge on any atom is 0.0486 e. The average Bonchev–Trinajstić information content (AvgIpc) is 2.49. The van der Waals surface area contributed by atoms with Crippen LogP contribution in [0.2, 0.25) is 0 Å². The fourth-order valence-corrected chi connectivity index (χ4v) is 2.97. The van der Waals surface area contributed by atoms with Crippen molar-refractivity contribution in [2.45, 2.75) is 31.7 Å². The summed E-state index contributed by atoms with van der Waals surface area (Å²) in [4.78, 5) is 1.27. The van der Waals surface area contributed by atoms with Gasteiger partial charge in [0.1, 0.15) is 0 Å². The Morgan fingerprint density at radius 2 is 1.90 bits per heavy atom. The Morgan fingerprint density at radius 3 is 2.62 bits per heavy atom. The molecule has 110 valence electrons. The quantitative estimate of drug-likeness (QED) is 0.538. The number of benzene rings is 2. The summed E-state index contributed by atoms with van der Waals surface area (Å²) >= 11 is 1.81. The number of hydrogen-bond donors (Lipinski definition) is 1. The van der Waals surface area contributed by atoms with E-state index in [2.05, 4.69) is 75.1 Å². The van der Waals surface area contributed by atoms with Gasteiger partial charge in [0.25, 0.3) is 0 Å². The largest absolute Gasteiger partial charge is 0.378 e. The molecular formula is C19H23NS. The van der Waals surface area contributed by atoms with E-state index in [-0.39, 0.29) is 6.04 Å². The van der Waals surface area contributed by atoms with Crippen LogP contribution in [0.3, 0.4) is 0 Å². The average molecular weight is 297 g/mol. The zero-order valence-electron chi connectivity index (χ0n) is 13.0. The van der Waals surface area contributed by atoms with Gasteiger partial charge < -0.3 is 5.32 Å². The van der Waals surface area contributed by atoms with E-state index in [0.717, 1.165) is 5.75 Å². The highest BCUT2D eigenvalue weighted by molar-refractivity contribution is 7.99. The van der Waals surface area contributed by atoms with E-state index in [1.165, 1.54) is 27.3 Å². The second kappa shape index (κ2) is 7.37. The van der Waals surface area contributed by atoms with E-state index in [9.17, 15) is 0 Å². The number of hydrogen-bond acceptors (Lipinski definition) is 2. The SMILES string of the molecule is C=CCSc1ccccc1NC(C)c1ccc(C)c(C)c1. The van der Waals surface area contributed by atoms with Gasteiger partial charge in [-0.3, -0.25) is 0 Å². The molecule has 0 amide bonds. The monoisotopic (exact) mass is 297 g/mol. The fourth-order valence-electron chi connectivity index (χ4n) is 2.21. The number of rotatable bonds is 6. The number of aryl methyl sites for hydroxylation is 2. The van der Waals surface area contributed by atoms with Crippen molar-refractivity contribution in [1.29, 1.82) is 0 Å². The van der Waals surface area contributed by atoms with Crippen molar-refractivity contribution in [3.63, 3.8) is 0 Å². The van der Waals surface area contributed by atoms with Crippen LogP contribution in [0, 0.1) is 13.8 Å². The lowest BCUT2D eigenvalue weighted by Gasteiger charge is -2.19. The first kappa shape index (κ1) is 15.7. The number of para-hydroxylation sites is 1. The molecule has 1 N–H and O–H groups in total. The fraction of sp³-hybridized carbons (Fsp3) is 0.263. The van der Waals surface area contributed by atoms with Crippen LogP contribution in [0.5, 0.6) is 0 Å². The smallest absolute Gasteiger partial charge is 0.0486 e. The highest BCUT2D eigenvalue weighted by Crippen LogP contribution is 2.30. The summed E-state index contributed by atoms with van der Waals surface area (Å²) in [5, 5.41) is 3.63. The summed E-state index contributed by atoms with van der Waals surface area (Å²) in [5.74, 6) is 0.927. The molecule has 0 radical (unpaired) electrons. The van der Waals surface area contributed by atoms with Crippen LogP contribution in [0.4, 0.5) is 5.69 Å². The molecule has 0 spiro atoms. The summed E-state index contributed by atoms with van der Waals surface area (Å²) in [6.45, 7) is 10.3. The molecule has 2 aromatic rings. The topological polar surface area (TPSA) is 12.0 Å². The summed E-state index contributed by atoms with van der Waals surface area (Å²) in [6, 6.07) is 15.4. The van der Waals surface area contributed by atoms with Gasteiger partial charge in [-0.15, -0.1) is 18.3 Å². The summed E-state index contributed by atoms with van der Waals surface area (Å²) in [7, 11) is 0. The Balaban J connectivity index is 2.16. The van der Waals surface area contributed by atoms with Crippen LogP contribution in [0.1, 0.15) is 29.7 Å². The molecular weight excluding hydrogens is 274 g/mol. The normalized spacial score (nSPS) is 12.0. The number of thioether (sulfide) groups is 1. The molecule has 2 heteroatoms. The lowest BCUT2D eigenvalue weighted by molar-refractivity contribution is 0.876. The summed E-state index contributed by atoms with van der Waals surface area (Å²) < 4.78 is 0. The first-order valence-corrected chi connectivity index (χ1v) is 8.26. The predicted molar refractivity (Wildman–Crippen MR) is 95.3 cm³/mol. The molecule has 0 heterocycles. The van der Waals surface area contributed by atoms with Gasteiger partial charge in [0.05, 0.1) is 0 Å². The van der Waals surface area contributed by atoms with Crippen LogP contribution < -0.4 is 5.32 Å². The molecule has 0 saturated heterocycles. The van der Waals surface area contributed by atoms with Gasteiger partial charge in [0.15, 0.2) is 0 Å². The standard InChI is InChI=1S/C19H23NS/c1-5-12-21-19-9-7-6-8-18(19)20-16(4)17-11-10-14(2)15(3)13-17/h5-11,13,16,20H,1,12H2,2-4H3. The molecule has 0 bridgehead atoms. The lowest BCUT2D eigenvalue weighted by Crippen LogP contribution is -2.07. The van der Waals surface area contributed by atoms with Crippen LogP contribution >= 0.6 is 11.8 Å². The van der Waals surface area contributed by atoms with Crippen molar-refractivity contribution in [3.8, 4) is 0 Å². The number of anilines is 1. The third-order valence-corrected chi connectivity index (χ3v) is 4.72. The van der Waals surface area contributed by atoms with Crippen molar-refractivity contribution < 1.29 is 0 Å². The van der Waals surface area contributed by atoms with Gasteiger partial charge in [-0.2, -0.15) is 0 Å². The molecule has 0 aliphatic rings. The molecule has 0 aliphatic heterocycles. The molecule has 21 heavy (non-hydrogen) atoms. The molecule has 1 atom stereocenters. The minimum Gasteiger partial charge on any atom is -0.378 e. The van der Waals surface area contributed by atoms with E-state index in [0.29, 0.717) is 0 Å². The van der Waals surface area contributed by atoms with Gasteiger partial charge in [-0.25, -0.2) is 0 Å². The van der Waals surface area contributed by atoms with Crippen LogP contribution in [-0.4, -0.2) is 5.75 Å². The Morgan fingerprint density at radius 1 is 1.14 bits per heavy atom. The van der Waals surface area contributed by atoms with Gasteiger partial charge in [-0.1, -0.05) is 36.4 Å². The second-order valence-corrected chi connectivity index (χ2v) is 6.37. The Bertz CT molecular complexity index is 619. The zero-order chi connectivity index (χ0) is 15.2. The highest BCUT2D eigenvalue weighted by atomic mass is 32.2. The minimum absolute atomic E-state index is 0.287. The minimum atomic E-state index is 0.287. The van der Waals surface area contributed by atoms with E-state index in [1.54, 1.807) is 0 Å². The van der Waals surface area contributed by atoms with Crippen molar-refractivity contribution in [2.24, 2.45) is 0 Å². The van der Waals surface area contributed by atoms with Crippen LogP contribution in [-0.2, 0) is 0 Å². The molecule has 0 fully saturated rings. The van der Waals surface area contributed by atoms with Crippen molar-refractivity contribution in [1.82, 2.24) is 0 Å². The summed E-state index contributed by atoms with van der Waals surface area (Å²) in [5.41, 5.74) is 5.19. The molecule has 2 rings (SSSR count).